The van der Waals surface area contributed by atoms with E-state index in [1.165, 1.54) is 164 Å². The number of hydrogen-bond donors (Lipinski definition) is 0. The summed E-state index contributed by atoms with van der Waals surface area (Å²) in [6.45, 7) is 0. The maximum Gasteiger partial charge on any atom is 0.0726 e. The first-order valence-corrected chi connectivity index (χ1v) is 27.5. The third-order valence-electron chi connectivity index (χ3n) is 18.6. The first-order chi connectivity index (χ1) is 37.7. The summed E-state index contributed by atoms with van der Waals surface area (Å²) in [5, 5.41) is 12.7. The molecular weight excluding hydrogens is 915 g/mol. The smallest absolute Gasteiger partial charge is 0.0726 e. The van der Waals surface area contributed by atoms with Gasteiger partial charge in [0.05, 0.1) is 11.1 Å². The van der Waals surface area contributed by atoms with Gasteiger partial charge in [0.1, 0.15) is 0 Å². The van der Waals surface area contributed by atoms with E-state index in [0.29, 0.717) is 0 Å². The van der Waals surface area contributed by atoms with Crippen LogP contribution < -0.4 is 4.90 Å². The molecule has 0 atom stereocenters. The van der Waals surface area contributed by atoms with Crippen LogP contribution in [0.2, 0.25) is 0 Å². The highest BCUT2D eigenvalue weighted by Gasteiger charge is 2.52. The van der Waals surface area contributed by atoms with Gasteiger partial charge in [-0.05, 0) is 181 Å². The summed E-state index contributed by atoms with van der Waals surface area (Å²) in [6.07, 6.45) is 6.22. The van der Waals surface area contributed by atoms with Crippen LogP contribution in [0.5, 0.6) is 0 Å². The second-order valence-electron chi connectivity index (χ2n) is 22.1. The fraction of sp³-hybridized carbons (Fsp3) is 0.0933. The molecule has 1 heteroatoms. The molecule has 356 valence electrons. The Kier molecular flexibility index (Phi) is 8.77. The molecule has 0 unspecified atom stereocenters. The molecule has 0 aliphatic heterocycles. The van der Waals surface area contributed by atoms with Crippen molar-refractivity contribution in [3.05, 3.63) is 282 Å². The molecule has 0 bridgehead atoms. The molecule has 13 aromatic rings. The quantitative estimate of drug-likeness (QED) is 0.159. The van der Waals surface area contributed by atoms with Gasteiger partial charge in [-0.2, -0.15) is 0 Å². The van der Waals surface area contributed by atoms with Crippen LogP contribution in [0.1, 0.15) is 65.5 Å². The Morgan fingerprint density at radius 1 is 0.250 bits per heavy atom. The maximum absolute atomic E-state index is 2.65. The van der Waals surface area contributed by atoms with Gasteiger partial charge in [0.15, 0.2) is 0 Å². The molecule has 0 amide bonds. The number of rotatable bonds is 4. The third kappa shape index (κ3) is 5.54. The van der Waals surface area contributed by atoms with Gasteiger partial charge >= 0.3 is 0 Å². The average molecular weight is 966 g/mol. The van der Waals surface area contributed by atoms with E-state index in [2.05, 4.69) is 254 Å². The second kappa shape index (κ2) is 15.7. The zero-order chi connectivity index (χ0) is 49.7. The predicted octanol–water partition coefficient (Wildman–Crippen LogP) is 20.2. The first kappa shape index (κ1) is 42.3. The van der Waals surface area contributed by atoms with Crippen LogP contribution in [0.4, 0.5) is 17.1 Å². The van der Waals surface area contributed by atoms with Crippen molar-refractivity contribution in [3.8, 4) is 44.5 Å². The van der Waals surface area contributed by atoms with Crippen molar-refractivity contribution in [1.29, 1.82) is 0 Å². The Hall–Kier alpha value is -9.04. The van der Waals surface area contributed by atoms with Crippen molar-refractivity contribution in [1.82, 2.24) is 0 Å². The van der Waals surface area contributed by atoms with Gasteiger partial charge in [-0.25, -0.2) is 0 Å². The summed E-state index contributed by atoms with van der Waals surface area (Å²) in [7, 11) is 0. The van der Waals surface area contributed by atoms with Crippen LogP contribution in [-0.4, -0.2) is 0 Å². The Morgan fingerprint density at radius 2 is 0.684 bits per heavy atom. The lowest BCUT2D eigenvalue weighted by atomic mass is 9.68. The molecule has 0 heterocycles. The van der Waals surface area contributed by atoms with E-state index in [1.807, 2.05) is 0 Å². The molecule has 1 fully saturated rings. The van der Waals surface area contributed by atoms with Crippen molar-refractivity contribution in [3.63, 3.8) is 0 Å². The summed E-state index contributed by atoms with van der Waals surface area (Å²) < 4.78 is 0. The molecule has 0 radical (unpaired) electrons. The number of hydrogen-bond acceptors (Lipinski definition) is 1. The lowest BCUT2D eigenvalue weighted by Crippen LogP contribution is -2.28. The Labute approximate surface area is 443 Å². The molecule has 76 heavy (non-hydrogen) atoms. The van der Waals surface area contributed by atoms with Gasteiger partial charge in [-0.3, -0.25) is 0 Å². The topological polar surface area (TPSA) is 3.24 Å². The predicted molar refractivity (Wildman–Crippen MR) is 320 cm³/mol. The molecule has 2 spiro atoms. The normalized spacial score (nSPS) is 15.1. The fourth-order valence-corrected chi connectivity index (χ4v) is 15.6. The zero-order valence-electron chi connectivity index (χ0n) is 42.2. The highest BCUT2D eigenvalue weighted by Crippen LogP contribution is 2.65. The highest BCUT2D eigenvalue weighted by atomic mass is 15.1. The molecule has 0 N–H and O–H groups in total. The van der Waals surface area contributed by atoms with Gasteiger partial charge in [-0.1, -0.05) is 226 Å². The van der Waals surface area contributed by atoms with Gasteiger partial charge in [0.25, 0.3) is 0 Å². The molecule has 0 aromatic heterocycles. The molecule has 1 saturated carbocycles. The molecule has 1 nitrogen and oxygen atoms in total. The van der Waals surface area contributed by atoms with Crippen LogP contribution in [0.15, 0.2) is 249 Å². The first-order valence-electron chi connectivity index (χ1n) is 27.5. The van der Waals surface area contributed by atoms with Gasteiger partial charge in [0.2, 0.25) is 0 Å². The molecule has 4 aliphatic carbocycles. The number of anilines is 3. The zero-order valence-corrected chi connectivity index (χ0v) is 42.2. The van der Waals surface area contributed by atoms with E-state index in [0.717, 1.165) is 17.1 Å². The van der Waals surface area contributed by atoms with E-state index in [-0.39, 0.29) is 5.41 Å². The minimum absolute atomic E-state index is 0.0423. The van der Waals surface area contributed by atoms with E-state index >= 15 is 0 Å². The van der Waals surface area contributed by atoms with Crippen molar-refractivity contribution < 1.29 is 0 Å². The molecule has 13 aromatic carbocycles. The highest BCUT2D eigenvalue weighted by molar-refractivity contribution is 6.26. The average Bonchev–Trinajstić information content (AvgIpc) is 4.20. The number of fused-ring (bicyclic) bond motifs is 24. The van der Waals surface area contributed by atoms with E-state index in [9.17, 15) is 0 Å². The van der Waals surface area contributed by atoms with Gasteiger partial charge < -0.3 is 4.90 Å². The Balaban J connectivity index is 1.04. The van der Waals surface area contributed by atoms with E-state index < -0.39 is 5.41 Å². The maximum atomic E-state index is 2.65. The molecular formula is C75H51N. The van der Waals surface area contributed by atoms with Crippen LogP contribution in [0, 0.1) is 0 Å². The van der Waals surface area contributed by atoms with Crippen molar-refractivity contribution in [2.45, 2.75) is 42.9 Å². The fourth-order valence-electron chi connectivity index (χ4n) is 15.6. The lowest BCUT2D eigenvalue weighted by molar-refractivity contribution is 0.353. The van der Waals surface area contributed by atoms with Gasteiger partial charge in [0, 0.05) is 22.4 Å². The monoisotopic (exact) mass is 965 g/mol. The Morgan fingerprint density at radius 3 is 1.32 bits per heavy atom. The summed E-state index contributed by atoms with van der Waals surface area (Å²) in [4.78, 5) is 2.65. The van der Waals surface area contributed by atoms with Crippen LogP contribution in [0.25, 0.3) is 98.4 Å². The summed E-state index contributed by atoms with van der Waals surface area (Å²) in [5.41, 5.74) is 21.7. The second-order valence-corrected chi connectivity index (χ2v) is 22.1. The standard InChI is InChI=1S/C75H51N/c1-18-40-74(41-19-1)67-32-14-10-30-60(67)64-44-49(37-39-68(64)74)76(48-36-38-57-54-25-6-5-23-52(54)53-24-7-9-27-56(53)63(57)43-48)73-46-72-65(45-66(73)62-42-47-20-2-3-21-50(47)51-22-4-8-26-55(51)62)61-31-13-17-35-71(61)75(72)69-33-15-11-28-58(69)59-29-12-16-34-70(59)75/h2-17,20-39,42-46H,1,18-19,40-41H2. The molecule has 4 aliphatic rings. The van der Waals surface area contributed by atoms with Crippen LogP contribution in [-0.2, 0) is 10.8 Å². The number of nitrogens with zero attached hydrogens (tertiary/aromatic N) is 1. The van der Waals surface area contributed by atoms with Crippen molar-refractivity contribution in [2.75, 3.05) is 4.90 Å². The summed E-state index contributed by atoms with van der Waals surface area (Å²) in [6, 6.07) is 95.7. The molecule has 17 rings (SSSR count). The number of benzene rings is 13. The summed E-state index contributed by atoms with van der Waals surface area (Å²) >= 11 is 0. The van der Waals surface area contributed by atoms with Crippen molar-refractivity contribution >= 4 is 70.9 Å². The van der Waals surface area contributed by atoms with E-state index in [4.69, 9.17) is 0 Å². The van der Waals surface area contributed by atoms with Crippen LogP contribution >= 0.6 is 0 Å². The minimum Gasteiger partial charge on any atom is -0.310 e. The Bertz CT molecular complexity index is 4560. The van der Waals surface area contributed by atoms with Crippen LogP contribution in [0.3, 0.4) is 0 Å². The molecule has 0 saturated heterocycles. The van der Waals surface area contributed by atoms with E-state index in [1.54, 1.807) is 0 Å². The third-order valence-corrected chi connectivity index (χ3v) is 18.6. The van der Waals surface area contributed by atoms with Gasteiger partial charge in [-0.15, -0.1) is 0 Å². The summed E-state index contributed by atoms with van der Waals surface area (Å²) in [5.74, 6) is 0. The lowest BCUT2D eigenvalue weighted by Gasteiger charge is -2.36. The SMILES string of the molecule is c1ccc2c(c1)-c1cc(N(c3ccc4c5ccccc5c5ccccc5c4c3)c3cc4c(cc3-c3cc5ccccc5c5ccccc35)-c3ccccc3C43c4ccccc4-c4ccccc43)ccc1C21CCCCC1. The van der Waals surface area contributed by atoms with Crippen molar-refractivity contribution in [2.24, 2.45) is 0 Å². The largest absolute Gasteiger partial charge is 0.310 e. The minimum atomic E-state index is -0.535.